The van der Waals surface area contributed by atoms with Crippen molar-refractivity contribution in [3.8, 4) is 0 Å². The first-order valence-corrected chi connectivity index (χ1v) is 8.04. The lowest BCUT2D eigenvalue weighted by Crippen LogP contribution is -2.57. The van der Waals surface area contributed by atoms with Crippen molar-refractivity contribution in [2.45, 2.75) is 43.9 Å². The van der Waals surface area contributed by atoms with Crippen LogP contribution in [0.5, 0.6) is 0 Å². The monoisotopic (exact) mass is 313 g/mol. The lowest BCUT2D eigenvalue weighted by Gasteiger charge is -2.34. The Kier molecular flexibility index (Phi) is 3.71. The number of rotatable bonds is 4. The van der Waals surface area contributed by atoms with Crippen LogP contribution in [0.25, 0.3) is 0 Å². The number of aromatic nitrogens is 1. The summed E-state index contributed by atoms with van der Waals surface area (Å²) in [6.45, 7) is 4.86. The Labute approximate surface area is 124 Å². The maximum atomic E-state index is 12.6. The maximum Gasteiger partial charge on any atom is 0.423 e. The summed E-state index contributed by atoms with van der Waals surface area (Å²) in [5.74, 6) is 0. The first kappa shape index (κ1) is 15.7. The summed E-state index contributed by atoms with van der Waals surface area (Å²) in [5, 5.41) is 9.94. The van der Waals surface area contributed by atoms with Gasteiger partial charge in [-0.15, -0.1) is 4.83 Å². The summed E-state index contributed by atoms with van der Waals surface area (Å²) >= 11 is 0. The molecular formula is C13H19N3O4S. The topological polar surface area (TPSA) is 99.6 Å². The van der Waals surface area contributed by atoms with Crippen LogP contribution < -0.4 is 4.83 Å². The van der Waals surface area contributed by atoms with Gasteiger partial charge < -0.3 is 5.11 Å². The molecule has 1 saturated carbocycles. The fraction of sp³-hybridized carbons (Fsp3) is 0.538. The molecule has 1 fully saturated rings. The second-order valence-electron chi connectivity index (χ2n) is 6.12. The number of sulfonamides is 1. The highest BCUT2D eigenvalue weighted by atomic mass is 32.2. The van der Waals surface area contributed by atoms with Gasteiger partial charge in [0.25, 0.3) is 0 Å². The fourth-order valence-electron chi connectivity index (χ4n) is 2.13. The van der Waals surface area contributed by atoms with Crippen LogP contribution in [0.3, 0.4) is 0 Å². The first-order chi connectivity index (χ1) is 9.60. The molecule has 0 atom stereocenters. The molecular weight excluding hydrogens is 294 g/mol. The van der Waals surface area contributed by atoms with E-state index < -0.39 is 26.4 Å². The normalized spacial score (nSPS) is 17.3. The van der Waals surface area contributed by atoms with Crippen molar-refractivity contribution < 1.29 is 18.3 Å². The van der Waals surface area contributed by atoms with Crippen LogP contribution >= 0.6 is 0 Å². The Balaban J connectivity index is 2.33. The van der Waals surface area contributed by atoms with Gasteiger partial charge in [0, 0.05) is 12.4 Å². The molecule has 1 aliphatic rings. The van der Waals surface area contributed by atoms with E-state index in [9.17, 15) is 18.3 Å². The molecule has 0 spiro atoms. The largest absolute Gasteiger partial charge is 0.464 e. The van der Waals surface area contributed by atoms with Crippen LogP contribution in [0.2, 0.25) is 0 Å². The summed E-state index contributed by atoms with van der Waals surface area (Å²) in [7, 11) is -3.87. The number of hydrogen-bond donors (Lipinski definition) is 2. The zero-order chi connectivity index (χ0) is 15.9. The van der Waals surface area contributed by atoms with Gasteiger partial charge in [-0.05, 0) is 45.2 Å². The highest BCUT2D eigenvalue weighted by Crippen LogP contribution is 2.52. The van der Waals surface area contributed by atoms with E-state index >= 15 is 0 Å². The summed E-state index contributed by atoms with van der Waals surface area (Å²) in [5.41, 5.74) is -0.305. The third-order valence-corrected chi connectivity index (χ3v) is 5.58. The van der Waals surface area contributed by atoms with Gasteiger partial charge in [0.2, 0.25) is 10.0 Å². The van der Waals surface area contributed by atoms with Crippen molar-refractivity contribution in [2.75, 3.05) is 0 Å². The third kappa shape index (κ3) is 2.86. The zero-order valence-corrected chi connectivity index (χ0v) is 13.0. The number of amides is 1. The Morgan fingerprint density at radius 2 is 2.05 bits per heavy atom. The molecule has 1 amide bonds. The molecule has 1 aromatic heterocycles. The molecule has 21 heavy (non-hydrogen) atoms. The molecule has 0 saturated heterocycles. The van der Waals surface area contributed by atoms with Crippen LogP contribution in [-0.4, -0.2) is 35.1 Å². The van der Waals surface area contributed by atoms with E-state index in [2.05, 4.69) is 9.82 Å². The van der Waals surface area contributed by atoms with Crippen LogP contribution in [0.15, 0.2) is 24.5 Å². The van der Waals surface area contributed by atoms with Crippen LogP contribution in [-0.2, 0) is 14.8 Å². The number of hydrazine groups is 1. The van der Waals surface area contributed by atoms with E-state index in [1.54, 1.807) is 39.1 Å². The molecule has 2 N–H and O–H groups in total. The van der Waals surface area contributed by atoms with Gasteiger partial charge in [-0.2, -0.15) is 0 Å². The minimum Gasteiger partial charge on any atom is -0.464 e. The summed E-state index contributed by atoms with van der Waals surface area (Å²) in [6.07, 6.45) is 2.64. The van der Waals surface area contributed by atoms with E-state index in [0.717, 1.165) is 5.01 Å². The SMILES string of the molecule is CC(C)(C)N(NS(=O)(=O)C1(c2cccnc2)CC1)C(=O)O. The maximum absolute atomic E-state index is 12.6. The number of carboxylic acid groups (broad SMARTS) is 1. The highest BCUT2D eigenvalue weighted by Gasteiger charge is 2.57. The second kappa shape index (κ2) is 4.96. The summed E-state index contributed by atoms with van der Waals surface area (Å²) in [6, 6.07) is 3.37. The molecule has 7 nitrogen and oxygen atoms in total. The quantitative estimate of drug-likeness (QED) is 0.824. The van der Waals surface area contributed by atoms with Crippen molar-refractivity contribution >= 4 is 16.1 Å². The molecule has 0 bridgehead atoms. The average Bonchev–Trinajstić information content (AvgIpc) is 3.17. The Hall–Kier alpha value is -1.67. The summed E-state index contributed by atoms with van der Waals surface area (Å²) in [4.78, 5) is 17.5. The average molecular weight is 313 g/mol. The van der Waals surface area contributed by atoms with E-state index in [4.69, 9.17) is 0 Å². The minimum absolute atomic E-state index is 0.450. The lowest BCUT2D eigenvalue weighted by molar-refractivity contribution is 0.0853. The third-order valence-electron chi connectivity index (χ3n) is 3.48. The molecule has 8 heteroatoms. The molecule has 0 radical (unpaired) electrons. The van der Waals surface area contributed by atoms with E-state index in [1.165, 1.54) is 6.20 Å². The molecule has 1 aromatic rings. The van der Waals surface area contributed by atoms with Crippen LogP contribution in [0.4, 0.5) is 4.79 Å². The van der Waals surface area contributed by atoms with Crippen molar-refractivity contribution in [1.82, 2.24) is 14.8 Å². The fourth-order valence-corrected chi connectivity index (χ4v) is 3.97. The molecule has 0 unspecified atom stereocenters. The zero-order valence-electron chi connectivity index (χ0n) is 12.2. The van der Waals surface area contributed by atoms with Gasteiger partial charge in [-0.1, -0.05) is 6.07 Å². The standard InChI is InChI=1S/C13H19N3O4S/c1-12(2,3)16(11(17)18)15-21(19,20)13(6-7-13)10-5-4-8-14-9-10/h4-5,8-9,15H,6-7H2,1-3H3,(H,17,18). The molecule has 116 valence electrons. The minimum atomic E-state index is -3.87. The van der Waals surface area contributed by atoms with Gasteiger partial charge in [0.15, 0.2) is 0 Å². The van der Waals surface area contributed by atoms with Crippen molar-refractivity contribution in [3.63, 3.8) is 0 Å². The van der Waals surface area contributed by atoms with Gasteiger partial charge in [0.05, 0.1) is 5.54 Å². The molecule has 1 heterocycles. The van der Waals surface area contributed by atoms with E-state index in [1.807, 2.05) is 0 Å². The predicted molar refractivity (Wildman–Crippen MR) is 76.8 cm³/mol. The lowest BCUT2D eigenvalue weighted by atomic mass is 10.1. The Bertz CT molecular complexity index is 633. The molecule has 0 aliphatic heterocycles. The number of nitrogens with one attached hydrogen (secondary N) is 1. The predicted octanol–water partition coefficient (Wildman–Crippen LogP) is 1.68. The molecule has 2 rings (SSSR count). The molecule has 0 aromatic carbocycles. The van der Waals surface area contributed by atoms with Crippen LogP contribution in [0, 0.1) is 0 Å². The van der Waals surface area contributed by atoms with Crippen molar-refractivity contribution in [3.05, 3.63) is 30.1 Å². The number of nitrogens with zero attached hydrogens (tertiary/aromatic N) is 2. The summed E-state index contributed by atoms with van der Waals surface area (Å²) < 4.78 is 24.2. The smallest absolute Gasteiger partial charge is 0.423 e. The van der Waals surface area contributed by atoms with Crippen LogP contribution in [0.1, 0.15) is 39.2 Å². The van der Waals surface area contributed by atoms with Gasteiger partial charge in [-0.3, -0.25) is 4.98 Å². The van der Waals surface area contributed by atoms with Gasteiger partial charge >= 0.3 is 6.09 Å². The van der Waals surface area contributed by atoms with Gasteiger partial charge in [0.1, 0.15) is 4.75 Å². The number of carbonyl (C=O) groups is 1. The number of pyridine rings is 1. The second-order valence-corrected chi connectivity index (χ2v) is 8.09. The Morgan fingerprint density at radius 3 is 2.43 bits per heavy atom. The van der Waals surface area contributed by atoms with Crippen molar-refractivity contribution in [2.24, 2.45) is 0 Å². The van der Waals surface area contributed by atoms with E-state index in [0.29, 0.717) is 18.4 Å². The first-order valence-electron chi connectivity index (χ1n) is 6.56. The molecule has 1 aliphatic carbocycles. The van der Waals surface area contributed by atoms with Crippen molar-refractivity contribution in [1.29, 1.82) is 0 Å². The number of hydrogen-bond acceptors (Lipinski definition) is 4. The van der Waals surface area contributed by atoms with Gasteiger partial charge in [-0.25, -0.2) is 18.2 Å². The Morgan fingerprint density at radius 1 is 1.43 bits per heavy atom. The highest BCUT2D eigenvalue weighted by molar-refractivity contribution is 7.90. The van der Waals surface area contributed by atoms with E-state index in [-0.39, 0.29) is 0 Å².